The molecule has 1 amide bonds. The van der Waals surface area contributed by atoms with Gasteiger partial charge in [0, 0.05) is 17.5 Å². The van der Waals surface area contributed by atoms with Crippen molar-refractivity contribution in [2.75, 3.05) is 11.6 Å². The Kier molecular flexibility index (Phi) is 6.04. The molecule has 152 valence electrons. The van der Waals surface area contributed by atoms with Crippen LogP contribution in [0.4, 0.5) is 5.69 Å². The van der Waals surface area contributed by atoms with Gasteiger partial charge in [0.05, 0.1) is 11.6 Å². The number of amides is 1. The molecule has 0 saturated heterocycles. The van der Waals surface area contributed by atoms with Crippen molar-refractivity contribution in [2.24, 2.45) is 0 Å². The molecule has 0 aliphatic rings. The van der Waals surface area contributed by atoms with Gasteiger partial charge in [0.2, 0.25) is 0 Å². The first-order chi connectivity index (χ1) is 14.3. The smallest absolute Gasteiger partial charge is 0.255 e. The van der Waals surface area contributed by atoms with Gasteiger partial charge in [-0.3, -0.25) is 4.79 Å². The molecule has 0 aromatic heterocycles. The van der Waals surface area contributed by atoms with Gasteiger partial charge in [-0.15, -0.1) is 0 Å². The Morgan fingerprint density at radius 3 is 2.33 bits per heavy atom. The van der Waals surface area contributed by atoms with Crippen LogP contribution < -0.4 is 10.1 Å². The van der Waals surface area contributed by atoms with Crippen molar-refractivity contribution < 1.29 is 23.1 Å². The molecule has 7 nitrogen and oxygen atoms in total. The largest absolute Gasteiger partial charge is 0.507 e. The minimum absolute atomic E-state index is 0.254. The third-order valence-electron chi connectivity index (χ3n) is 4.22. The summed E-state index contributed by atoms with van der Waals surface area (Å²) >= 11 is 0. The van der Waals surface area contributed by atoms with E-state index < -0.39 is 15.7 Å². The number of phenolic OH excluding ortho intramolecular Hbond substituents is 1. The predicted octanol–water partition coefficient (Wildman–Crippen LogP) is 3.50. The summed E-state index contributed by atoms with van der Waals surface area (Å²) in [7, 11) is -3.63. The molecule has 0 unspecified atom stereocenters. The van der Waals surface area contributed by atoms with Gasteiger partial charge in [0.25, 0.3) is 5.91 Å². The van der Waals surface area contributed by atoms with Crippen molar-refractivity contribution >= 4 is 21.4 Å². The van der Waals surface area contributed by atoms with E-state index in [2.05, 4.69) is 5.32 Å². The van der Waals surface area contributed by atoms with Crippen LogP contribution in [-0.4, -0.2) is 25.7 Å². The van der Waals surface area contributed by atoms with Gasteiger partial charge in [-0.05, 0) is 60.2 Å². The monoisotopic (exact) mass is 422 g/mol. The Labute approximate surface area is 174 Å². The normalized spacial score (nSPS) is 10.8. The van der Waals surface area contributed by atoms with E-state index in [-0.39, 0.29) is 16.3 Å². The van der Waals surface area contributed by atoms with Crippen molar-refractivity contribution in [3.8, 4) is 17.6 Å². The highest BCUT2D eigenvalue weighted by atomic mass is 32.2. The van der Waals surface area contributed by atoms with Crippen LogP contribution >= 0.6 is 0 Å². The lowest BCUT2D eigenvalue weighted by molar-refractivity contribution is 0.102. The Morgan fingerprint density at radius 2 is 1.73 bits per heavy atom. The van der Waals surface area contributed by atoms with Crippen LogP contribution in [0, 0.1) is 11.3 Å². The fraction of sp³-hybridized carbons (Fsp3) is 0.0909. The summed E-state index contributed by atoms with van der Waals surface area (Å²) in [5.74, 6) is -0.161. The molecular formula is C22H18N2O5S. The first kappa shape index (κ1) is 20.9. The van der Waals surface area contributed by atoms with Crippen molar-refractivity contribution in [1.82, 2.24) is 0 Å². The highest BCUT2D eigenvalue weighted by molar-refractivity contribution is 7.90. The van der Waals surface area contributed by atoms with E-state index >= 15 is 0 Å². The van der Waals surface area contributed by atoms with Crippen LogP contribution in [0.1, 0.15) is 21.5 Å². The molecule has 0 bridgehead atoms. The van der Waals surface area contributed by atoms with E-state index in [1.54, 1.807) is 48.5 Å². The number of aromatic hydroxyl groups is 1. The topological polar surface area (TPSA) is 116 Å². The third kappa shape index (κ3) is 5.16. The van der Waals surface area contributed by atoms with Crippen LogP contribution in [0.15, 0.2) is 71.6 Å². The van der Waals surface area contributed by atoms with Crippen molar-refractivity contribution in [3.05, 3.63) is 83.4 Å². The fourth-order valence-electron chi connectivity index (χ4n) is 2.64. The maximum absolute atomic E-state index is 12.4. The number of anilines is 1. The lowest BCUT2D eigenvalue weighted by Crippen LogP contribution is -2.12. The predicted molar refractivity (Wildman–Crippen MR) is 111 cm³/mol. The Hall–Kier alpha value is -3.83. The van der Waals surface area contributed by atoms with E-state index in [0.717, 1.165) is 11.8 Å². The summed E-state index contributed by atoms with van der Waals surface area (Å²) in [5.41, 5.74) is 2.03. The second-order valence-electron chi connectivity index (χ2n) is 6.53. The minimum Gasteiger partial charge on any atom is -0.507 e. The molecule has 3 rings (SSSR count). The lowest BCUT2D eigenvalue weighted by Gasteiger charge is -2.09. The molecule has 0 radical (unpaired) electrons. The van der Waals surface area contributed by atoms with Crippen LogP contribution in [0.25, 0.3) is 0 Å². The molecule has 0 saturated carbocycles. The van der Waals surface area contributed by atoms with Gasteiger partial charge in [0.1, 0.15) is 23.0 Å². The average molecular weight is 422 g/mol. The fourth-order valence-corrected chi connectivity index (χ4v) is 3.43. The van der Waals surface area contributed by atoms with Crippen LogP contribution in [-0.2, 0) is 16.4 Å². The number of nitriles is 1. The van der Waals surface area contributed by atoms with E-state index in [1.165, 1.54) is 18.2 Å². The van der Waals surface area contributed by atoms with E-state index in [0.29, 0.717) is 23.5 Å². The summed E-state index contributed by atoms with van der Waals surface area (Å²) in [6.07, 6.45) is 0.979. The molecule has 0 aliphatic carbocycles. The zero-order valence-corrected chi connectivity index (χ0v) is 16.8. The zero-order valence-electron chi connectivity index (χ0n) is 16.0. The van der Waals surface area contributed by atoms with Crippen molar-refractivity contribution in [2.45, 2.75) is 11.5 Å². The number of nitrogens with one attached hydrogen (secondary N) is 1. The number of carbonyl (C=O) groups is 1. The first-order valence-corrected chi connectivity index (χ1v) is 10.7. The Bertz CT molecular complexity index is 1210. The molecule has 2 N–H and O–H groups in total. The molecule has 8 heteroatoms. The highest BCUT2D eigenvalue weighted by Gasteiger charge is 2.15. The highest BCUT2D eigenvalue weighted by Crippen LogP contribution is 2.26. The van der Waals surface area contributed by atoms with Crippen molar-refractivity contribution in [3.63, 3.8) is 0 Å². The number of benzene rings is 3. The summed E-state index contributed by atoms with van der Waals surface area (Å²) < 4.78 is 29.0. The number of sulfone groups is 1. The van der Waals surface area contributed by atoms with Gasteiger partial charge in [-0.2, -0.15) is 5.26 Å². The first-order valence-electron chi connectivity index (χ1n) is 8.82. The minimum atomic E-state index is -3.63. The molecule has 3 aromatic carbocycles. The number of hydrogen-bond acceptors (Lipinski definition) is 6. The Balaban J connectivity index is 1.64. The number of rotatable bonds is 6. The van der Waals surface area contributed by atoms with Crippen molar-refractivity contribution in [1.29, 1.82) is 5.26 Å². The van der Waals surface area contributed by atoms with Gasteiger partial charge in [-0.1, -0.05) is 12.1 Å². The standard InChI is InChI=1S/C22H18N2O5S/c1-30(27,28)21-12-18(8-11-20(21)25)24-22(26)17-6-2-16(3-7-17)14-29-19-9-4-15(13-23)5-10-19/h2-12,25H,14H2,1H3,(H,24,26). The summed E-state index contributed by atoms with van der Waals surface area (Å²) in [5, 5.41) is 21.1. The number of ether oxygens (including phenoxy) is 1. The number of phenols is 1. The van der Waals surface area contributed by atoms with Crippen LogP contribution in [0.2, 0.25) is 0 Å². The van der Waals surface area contributed by atoms with Crippen LogP contribution in [0.3, 0.4) is 0 Å². The SMILES string of the molecule is CS(=O)(=O)c1cc(NC(=O)c2ccc(COc3ccc(C#N)cc3)cc2)ccc1O. The second-order valence-corrected chi connectivity index (χ2v) is 8.51. The average Bonchev–Trinajstić information content (AvgIpc) is 2.73. The maximum Gasteiger partial charge on any atom is 0.255 e. The van der Waals surface area contributed by atoms with E-state index in [4.69, 9.17) is 10.00 Å². The molecule has 3 aromatic rings. The molecule has 0 atom stereocenters. The summed E-state index contributed by atoms with van der Waals surface area (Å²) in [4.78, 5) is 12.2. The quantitative estimate of drug-likeness (QED) is 0.587. The van der Waals surface area contributed by atoms with Gasteiger partial charge < -0.3 is 15.2 Å². The molecule has 0 heterocycles. The van der Waals surface area contributed by atoms with Gasteiger partial charge in [-0.25, -0.2) is 8.42 Å². The summed E-state index contributed by atoms with van der Waals surface area (Å²) in [6.45, 7) is 0.295. The van der Waals surface area contributed by atoms with Crippen LogP contribution in [0.5, 0.6) is 11.5 Å². The Morgan fingerprint density at radius 1 is 1.07 bits per heavy atom. The molecule has 0 fully saturated rings. The van der Waals surface area contributed by atoms with E-state index in [1.807, 2.05) is 6.07 Å². The van der Waals surface area contributed by atoms with Gasteiger partial charge >= 0.3 is 0 Å². The molecule has 0 spiro atoms. The third-order valence-corrected chi connectivity index (χ3v) is 5.35. The number of carbonyl (C=O) groups excluding carboxylic acids is 1. The zero-order chi connectivity index (χ0) is 21.7. The lowest BCUT2D eigenvalue weighted by atomic mass is 10.1. The summed E-state index contributed by atoms with van der Waals surface area (Å²) in [6, 6.07) is 19.4. The van der Waals surface area contributed by atoms with Gasteiger partial charge in [0.15, 0.2) is 9.84 Å². The number of hydrogen-bond donors (Lipinski definition) is 2. The van der Waals surface area contributed by atoms with E-state index in [9.17, 15) is 18.3 Å². The second kappa shape index (κ2) is 8.68. The molecular weight excluding hydrogens is 404 g/mol. The maximum atomic E-state index is 12.4. The molecule has 30 heavy (non-hydrogen) atoms. The number of nitrogens with zero attached hydrogens (tertiary/aromatic N) is 1. The molecule has 0 aliphatic heterocycles.